The van der Waals surface area contributed by atoms with Crippen molar-refractivity contribution in [3.63, 3.8) is 0 Å². The SMILES string of the molecule is Cc1ccc2cnc(CC3CCCSC3)n2c1. The molecule has 0 radical (unpaired) electrons. The summed E-state index contributed by atoms with van der Waals surface area (Å²) in [4.78, 5) is 4.58. The van der Waals surface area contributed by atoms with E-state index in [2.05, 4.69) is 46.4 Å². The van der Waals surface area contributed by atoms with Crippen LogP contribution in [0.15, 0.2) is 24.5 Å². The van der Waals surface area contributed by atoms with Gasteiger partial charge in [0.25, 0.3) is 0 Å². The largest absolute Gasteiger partial charge is 0.303 e. The predicted molar refractivity (Wildman–Crippen MR) is 73.7 cm³/mol. The maximum Gasteiger partial charge on any atom is 0.113 e. The van der Waals surface area contributed by atoms with E-state index in [0.29, 0.717) is 0 Å². The molecule has 0 aliphatic carbocycles. The minimum atomic E-state index is 0.819. The number of nitrogens with zero attached hydrogens (tertiary/aromatic N) is 2. The zero-order valence-corrected chi connectivity index (χ0v) is 11.0. The number of aromatic nitrogens is 2. The summed E-state index contributed by atoms with van der Waals surface area (Å²) in [6.45, 7) is 2.14. The van der Waals surface area contributed by atoms with Crippen molar-refractivity contribution in [3.05, 3.63) is 35.9 Å². The van der Waals surface area contributed by atoms with Crippen molar-refractivity contribution in [2.45, 2.75) is 26.2 Å². The number of thioether (sulfide) groups is 1. The Bertz CT molecular complexity index is 512. The highest BCUT2D eigenvalue weighted by Gasteiger charge is 2.16. The van der Waals surface area contributed by atoms with E-state index < -0.39 is 0 Å². The molecule has 2 nitrogen and oxygen atoms in total. The summed E-state index contributed by atoms with van der Waals surface area (Å²) < 4.78 is 2.26. The fourth-order valence-corrected chi connectivity index (χ4v) is 3.68. The van der Waals surface area contributed by atoms with Crippen molar-refractivity contribution in [1.82, 2.24) is 9.38 Å². The molecule has 0 aromatic carbocycles. The van der Waals surface area contributed by atoms with Crippen molar-refractivity contribution in [2.75, 3.05) is 11.5 Å². The van der Waals surface area contributed by atoms with Crippen LogP contribution >= 0.6 is 11.8 Å². The first-order chi connectivity index (χ1) is 8.33. The Morgan fingerprint density at radius 2 is 2.41 bits per heavy atom. The van der Waals surface area contributed by atoms with Crippen LogP contribution in [0.25, 0.3) is 5.52 Å². The molecule has 1 saturated heterocycles. The lowest BCUT2D eigenvalue weighted by molar-refractivity contribution is 0.507. The summed E-state index contributed by atoms with van der Waals surface area (Å²) in [5.74, 6) is 4.70. The van der Waals surface area contributed by atoms with E-state index >= 15 is 0 Å². The summed E-state index contributed by atoms with van der Waals surface area (Å²) in [6, 6.07) is 4.30. The third kappa shape index (κ3) is 2.34. The fourth-order valence-electron chi connectivity index (χ4n) is 2.53. The Balaban J connectivity index is 1.86. The van der Waals surface area contributed by atoms with Crippen molar-refractivity contribution in [3.8, 4) is 0 Å². The minimum Gasteiger partial charge on any atom is -0.303 e. The van der Waals surface area contributed by atoms with Crippen LogP contribution in [0.1, 0.15) is 24.2 Å². The summed E-state index contributed by atoms with van der Waals surface area (Å²) in [5, 5.41) is 0. The smallest absolute Gasteiger partial charge is 0.113 e. The second kappa shape index (κ2) is 4.73. The van der Waals surface area contributed by atoms with Crippen molar-refractivity contribution in [1.29, 1.82) is 0 Å². The van der Waals surface area contributed by atoms with Gasteiger partial charge in [-0.1, -0.05) is 6.07 Å². The van der Waals surface area contributed by atoms with Crippen LogP contribution in [-0.4, -0.2) is 20.9 Å². The second-order valence-electron chi connectivity index (χ2n) is 4.96. The molecular formula is C14H18N2S. The van der Waals surface area contributed by atoms with Gasteiger partial charge in [-0.15, -0.1) is 0 Å². The molecule has 1 aliphatic heterocycles. The van der Waals surface area contributed by atoms with E-state index in [1.807, 2.05) is 6.20 Å². The lowest BCUT2D eigenvalue weighted by atomic mass is 10.0. The van der Waals surface area contributed by atoms with Crippen LogP contribution in [-0.2, 0) is 6.42 Å². The highest BCUT2D eigenvalue weighted by Crippen LogP contribution is 2.25. The molecule has 0 N–H and O–H groups in total. The van der Waals surface area contributed by atoms with Gasteiger partial charge < -0.3 is 4.40 Å². The molecule has 0 amide bonds. The van der Waals surface area contributed by atoms with Crippen LogP contribution in [0, 0.1) is 12.8 Å². The summed E-state index contributed by atoms with van der Waals surface area (Å²) in [6.07, 6.45) is 8.06. The third-order valence-electron chi connectivity index (χ3n) is 3.48. The first kappa shape index (κ1) is 11.1. The van der Waals surface area contributed by atoms with Crippen LogP contribution in [0.2, 0.25) is 0 Å². The van der Waals surface area contributed by atoms with E-state index in [1.54, 1.807) is 0 Å². The second-order valence-corrected chi connectivity index (χ2v) is 6.11. The van der Waals surface area contributed by atoms with Crippen LogP contribution in [0.5, 0.6) is 0 Å². The van der Waals surface area contributed by atoms with Gasteiger partial charge >= 0.3 is 0 Å². The van der Waals surface area contributed by atoms with Crippen LogP contribution < -0.4 is 0 Å². The molecule has 0 bridgehead atoms. The molecule has 0 saturated carbocycles. The topological polar surface area (TPSA) is 17.3 Å². The molecule has 1 aliphatic rings. The van der Waals surface area contributed by atoms with Crippen molar-refractivity contribution < 1.29 is 0 Å². The highest BCUT2D eigenvalue weighted by molar-refractivity contribution is 7.99. The Hall–Kier alpha value is -0.960. The van der Waals surface area contributed by atoms with Gasteiger partial charge in [0.1, 0.15) is 5.82 Å². The molecular weight excluding hydrogens is 228 g/mol. The Morgan fingerprint density at radius 1 is 1.47 bits per heavy atom. The zero-order valence-electron chi connectivity index (χ0n) is 10.2. The molecule has 3 heteroatoms. The van der Waals surface area contributed by atoms with Crippen molar-refractivity contribution >= 4 is 17.3 Å². The number of pyridine rings is 1. The molecule has 0 spiro atoms. The van der Waals surface area contributed by atoms with Crippen LogP contribution in [0.3, 0.4) is 0 Å². The first-order valence-electron chi connectivity index (χ1n) is 6.33. The van der Waals surface area contributed by atoms with E-state index in [1.165, 1.54) is 41.3 Å². The fraction of sp³-hybridized carbons (Fsp3) is 0.500. The van der Waals surface area contributed by atoms with Crippen molar-refractivity contribution in [2.24, 2.45) is 5.92 Å². The molecule has 1 atom stereocenters. The van der Waals surface area contributed by atoms with Crippen LogP contribution in [0.4, 0.5) is 0 Å². The first-order valence-corrected chi connectivity index (χ1v) is 7.49. The summed E-state index contributed by atoms with van der Waals surface area (Å²) in [5.41, 5.74) is 2.52. The van der Waals surface area contributed by atoms with E-state index in [-0.39, 0.29) is 0 Å². The number of fused-ring (bicyclic) bond motifs is 1. The average Bonchev–Trinajstić information content (AvgIpc) is 2.73. The van der Waals surface area contributed by atoms with Gasteiger partial charge in [0.05, 0.1) is 11.7 Å². The van der Waals surface area contributed by atoms with E-state index in [4.69, 9.17) is 0 Å². The lowest BCUT2D eigenvalue weighted by Gasteiger charge is -2.20. The van der Waals surface area contributed by atoms with Gasteiger partial charge in [-0.3, -0.25) is 0 Å². The summed E-state index contributed by atoms with van der Waals surface area (Å²) >= 11 is 2.10. The predicted octanol–water partition coefficient (Wildman–Crippen LogP) is 3.33. The van der Waals surface area contributed by atoms with Gasteiger partial charge in [-0.25, -0.2) is 4.98 Å². The standard InChI is InChI=1S/C14H18N2S/c1-11-4-5-13-8-15-14(16(13)9-11)7-12-3-2-6-17-10-12/h4-5,8-9,12H,2-3,6-7,10H2,1H3. The molecule has 2 aromatic heterocycles. The summed E-state index contributed by atoms with van der Waals surface area (Å²) in [7, 11) is 0. The molecule has 3 heterocycles. The molecule has 1 fully saturated rings. The van der Waals surface area contributed by atoms with Gasteiger partial charge in [0, 0.05) is 12.6 Å². The molecule has 1 unspecified atom stereocenters. The Labute approximate surface area is 106 Å². The minimum absolute atomic E-state index is 0.819. The molecule has 3 rings (SSSR count). The quantitative estimate of drug-likeness (QED) is 0.808. The van der Waals surface area contributed by atoms with Gasteiger partial charge in [0.15, 0.2) is 0 Å². The monoisotopic (exact) mass is 246 g/mol. The van der Waals surface area contributed by atoms with E-state index in [0.717, 1.165) is 12.3 Å². The van der Waals surface area contributed by atoms with Gasteiger partial charge in [-0.05, 0) is 48.8 Å². The maximum absolute atomic E-state index is 4.58. The van der Waals surface area contributed by atoms with E-state index in [9.17, 15) is 0 Å². The highest BCUT2D eigenvalue weighted by atomic mass is 32.2. The number of hydrogen-bond donors (Lipinski definition) is 0. The Kier molecular flexibility index (Phi) is 3.10. The molecule has 17 heavy (non-hydrogen) atoms. The average molecular weight is 246 g/mol. The number of imidazole rings is 1. The Morgan fingerprint density at radius 3 is 3.24 bits per heavy atom. The molecule has 90 valence electrons. The van der Waals surface area contributed by atoms with Gasteiger partial charge in [0.2, 0.25) is 0 Å². The lowest BCUT2D eigenvalue weighted by Crippen LogP contribution is -2.14. The maximum atomic E-state index is 4.58. The number of rotatable bonds is 2. The number of aryl methyl sites for hydroxylation is 1. The number of hydrogen-bond acceptors (Lipinski definition) is 2. The zero-order chi connectivity index (χ0) is 11.7. The van der Waals surface area contributed by atoms with Gasteiger partial charge in [-0.2, -0.15) is 11.8 Å². The third-order valence-corrected chi connectivity index (χ3v) is 4.76. The molecule has 2 aromatic rings. The normalized spacial score (nSPS) is 20.9.